The summed E-state index contributed by atoms with van der Waals surface area (Å²) in [5.74, 6) is 0. The van der Waals surface area contributed by atoms with E-state index < -0.39 is 0 Å². The molecule has 0 aliphatic carbocycles. The summed E-state index contributed by atoms with van der Waals surface area (Å²) in [5.41, 5.74) is 9.91. The second-order valence-corrected chi connectivity index (χ2v) is 11.8. The molecule has 0 saturated carbocycles. The lowest BCUT2D eigenvalue weighted by Crippen LogP contribution is -2.09. The number of rotatable bonds is 5. The van der Waals surface area contributed by atoms with Crippen LogP contribution in [0.2, 0.25) is 0 Å². The molecule has 0 aliphatic heterocycles. The van der Waals surface area contributed by atoms with E-state index in [0.29, 0.717) is 0 Å². The maximum atomic E-state index is 6.47. The van der Waals surface area contributed by atoms with E-state index in [1.165, 1.54) is 27.3 Å². The van der Waals surface area contributed by atoms with Gasteiger partial charge in [0.2, 0.25) is 0 Å². The Morgan fingerprint density at radius 2 is 0.978 bits per heavy atom. The highest BCUT2D eigenvalue weighted by Crippen LogP contribution is 2.41. The van der Waals surface area contributed by atoms with Crippen molar-refractivity contribution in [2.24, 2.45) is 0 Å². The standard InChI is InChI=1S/C44H29NO/c1-2-9-30(10-3-1)32-17-23-36(24-18-32)45(38-27-19-31-11-4-5-12-35(31)29-38)37-25-20-33(21-26-37)39-15-8-13-34-22-28-41-40-14-6-7-16-42(40)46-44(41)43(34)39/h1-29H. The molecule has 0 saturated heterocycles. The molecular weight excluding hydrogens is 558 g/mol. The largest absolute Gasteiger partial charge is 0.455 e. The zero-order valence-corrected chi connectivity index (χ0v) is 25.1. The molecule has 0 bridgehead atoms. The molecule has 0 radical (unpaired) electrons. The van der Waals surface area contributed by atoms with E-state index in [2.05, 4.69) is 169 Å². The smallest absolute Gasteiger partial charge is 0.143 e. The Morgan fingerprint density at radius 1 is 0.370 bits per heavy atom. The molecule has 0 N–H and O–H groups in total. The van der Waals surface area contributed by atoms with E-state index in [1.54, 1.807) is 0 Å². The average molecular weight is 588 g/mol. The predicted octanol–water partition coefficient (Wildman–Crippen LogP) is 12.7. The molecule has 9 rings (SSSR count). The van der Waals surface area contributed by atoms with Crippen LogP contribution in [0.25, 0.3) is 65.7 Å². The first-order chi connectivity index (χ1) is 22.8. The predicted molar refractivity (Wildman–Crippen MR) is 194 cm³/mol. The lowest BCUT2D eigenvalue weighted by Gasteiger charge is -2.26. The van der Waals surface area contributed by atoms with Crippen LogP contribution in [0.3, 0.4) is 0 Å². The summed E-state index contributed by atoms with van der Waals surface area (Å²) in [6.07, 6.45) is 0. The van der Waals surface area contributed by atoms with Crippen molar-refractivity contribution >= 4 is 60.5 Å². The molecule has 0 aliphatic rings. The van der Waals surface area contributed by atoms with Crippen LogP contribution in [-0.4, -0.2) is 0 Å². The van der Waals surface area contributed by atoms with Gasteiger partial charge in [0, 0.05) is 33.2 Å². The topological polar surface area (TPSA) is 16.4 Å². The normalized spacial score (nSPS) is 11.5. The van der Waals surface area contributed by atoms with E-state index in [-0.39, 0.29) is 0 Å². The molecule has 0 amide bonds. The van der Waals surface area contributed by atoms with Crippen LogP contribution in [0, 0.1) is 0 Å². The third-order valence-electron chi connectivity index (χ3n) is 9.05. The Hall–Kier alpha value is -6.12. The van der Waals surface area contributed by atoms with Crippen molar-refractivity contribution in [3.63, 3.8) is 0 Å². The summed E-state index contributed by atoms with van der Waals surface area (Å²) in [7, 11) is 0. The molecule has 2 heteroatoms. The second-order valence-electron chi connectivity index (χ2n) is 11.8. The van der Waals surface area contributed by atoms with Crippen LogP contribution in [0.15, 0.2) is 180 Å². The molecule has 8 aromatic carbocycles. The van der Waals surface area contributed by atoms with Crippen molar-refractivity contribution in [1.82, 2.24) is 0 Å². The number of hydrogen-bond donors (Lipinski definition) is 0. The lowest BCUT2D eigenvalue weighted by molar-refractivity contribution is 0.673. The van der Waals surface area contributed by atoms with Crippen molar-refractivity contribution in [2.75, 3.05) is 4.90 Å². The number of nitrogens with zero attached hydrogens (tertiary/aromatic N) is 1. The molecule has 46 heavy (non-hydrogen) atoms. The fraction of sp³-hybridized carbons (Fsp3) is 0. The van der Waals surface area contributed by atoms with Gasteiger partial charge in [-0.05, 0) is 86.9 Å². The first-order valence-corrected chi connectivity index (χ1v) is 15.7. The highest BCUT2D eigenvalue weighted by Gasteiger charge is 2.16. The van der Waals surface area contributed by atoms with Gasteiger partial charge in [-0.15, -0.1) is 0 Å². The van der Waals surface area contributed by atoms with Crippen molar-refractivity contribution in [3.05, 3.63) is 176 Å². The van der Waals surface area contributed by atoms with Crippen LogP contribution >= 0.6 is 0 Å². The van der Waals surface area contributed by atoms with Gasteiger partial charge in [-0.3, -0.25) is 0 Å². The zero-order valence-electron chi connectivity index (χ0n) is 25.1. The molecule has 1 aromatic heterocycles. The summed E-state index contributed by atoms with van der Waals surface area (Å²) in [5, 5.41) is 7.06. The van der Waals surface area contributed by atoms with E-state index in [0.717, 1.165) is 55.5 Å². The van der Waals surface area contributed by atoms with E-state index in [4.69, 9.17) is 4.42 Å². The summed E-state index contributed by atoms with van der Waals surface area (Å²) in [6.45, 7) is 0. The number of anilines is 3. The maximum Gasteiger partial charge on any atom is 0.143 e. The number of fused-ring (bicyclic) bond motifs is 6. The Balaban J connectivity index is 1.17. The average Bonchev–Trinajstić information content (AvgIpc) is 3.52. The third-order valence-corrected chi connectivity index (χ3v) is 9.05. The van der Waals surface area contributed by atoms with E-state index in [1.807, 2.05) is 12.1 Å². The third kappa shape index (κ3) is 4.43. The highest BCUT2D eigenvalue weighted by molar-refractivity contribution is 6.18. The Morgan fingerprint density at radius 3 is 1.78 bits per heavy atom. The molecule has 0 unspecified atom stereocenters. The minimum absolute atomic E-state index is 0.916. The van der Waals surface area contributed by atoms with Gasteiger partial charge in [0.25, 0.3) is 0 Å². The van der Waals surface area contributed by atoms with Gasteiger partial charge in [-0.2, -0.15) is 0 Å². The Kier molecular flexibility index (Phi) is 6.17. The first kappa shape index (κ1) is 26.3. The summed E-state index contributed by atoms with van der Waals surface area (Å²) in [6, 6.07) is 62.7. The molecule has 0 fully saturated rings. The highest BCUT2D eigenvalue weighted by atomic mass is 16.3. The van der Waals surface area contributed by atoms with Gasteiger partial charge in [0.15, 0.2) is 0 Å². The molecule has 1 heterocycles. The molecule has 2 nitrogen and oxygen atoms in total. The lowest BCUT2D eigenvalue weighted by atomic mass is 9.96. The van der Waals surface area contributed by atoms with Crippen molar-refractivity contribution in [1.29, 1.82) is 0 Å². The van der Waals surface area contributed by atoms with Gasteiger partial charge < -0.3 is 9.32 Å². The second kappa shape index (κ2) is 10.8. The zero-order chi connectivity index (χ0) is 30.5. The van der Waals surface area contributed by atoms with Crippen LogP contribution in [0.4, 0.5) is 17.1 Å². The summed E-state index contributed by atoms with van der Waals surface area (Å²) in [4.78, 5) is 2.34. The minimum atomic E-state index is 0.916. The number of benzene rings is 8. The summed E-state index contributed by atoms with van der Waals surface area (Å²) < 4.78 is 6.47. The van der Waals surface area contributed by atoms with Gasteiger partial charge in [-0.1, -0.05) is 127 Å². The molecule has 216 valence electrons. The van der Waals surface area contributed by atoms with Crippen molar-refractivity contribution < 1.29 is 4.42 Å². The fourth-order valence-electron chi connectivity index (χ4n) is 6.78. The first-order valence-electron chi connectivity index (χ1n) is 15.7. The van der Waals surface area contributed by atoms with Crippen molar-refractivity contribution in [2.45, 2.75) is 0 Å². The van der Waals surface area contributed by atoms with Crippen LogP contribution in [0.5, 0.6) is 0 Å². The quantitative estimate of drug-likeness (QED) is 0.199. The van der Waals surface area contributed by atoms with Gasteiger partial charge in [0.1, 0.15) is 11.2 Å². The SMILES string of the molecule is c1ccc(-c2ccc(N(c3ccc(-c4cccc5ccc6c7ccccc7oc6c45)cc3)c3ccc4ccccc4c3)cc2)cc1. The minimum Gasteiger partial charge on any atom is -0.455 e. The molecule has 9 aromatic rings. The number of furan rings is 1. The van der Waals surface area contributed by atoms with Crippen LogP contribution in [0.1, 0.15) is 0 Å². The summed E-state index contributed by atoms with van der Waals surface area (Å²) >= 11 is 0. The maximum absolute atomic E-state index is 6.47. The van der Waals surface area contributed by atoms with Gasteiger partial charge in [0.05, 0.1) is 0 Å². The fourth-order valence-corrected chi connectivity index (χ4v) is 6.78. The van der Waals surface area contributed by atoms with E-state index >= 15 is 0 Å². The van der Waals surface area contributed by atoms with E-state index in [9.17, 15) is 0 Å². The van der Waals surface area contributed by atoms with Gasteiger partial charge >= 0.3 is 0 Å². The molecule has 0 atom stereocenters. The Labute approximate surface area is 267 Å². The number of hydrogen-bond acceptors (Lipinski definition) is 2. The monoisotopic (exact) mass is 587 g/mol. The van der Waals surface area contributed by atoms with Crippen molar-refractivity contribution in [3.8, 4) is 22.3 Å². The van der Waals surface area contributed by atoms with Crippen LogP contribution in [-0.2, 0) is 0 Å². The number of para-hydroxylation sites is 1. The Bertz CT molecular complexity index is 2510. The van der Waals surface area contributed by atoms with Gasteiger partial charge in [-0.25, -0.2) is 0 Å². The molecule has 0 spiro atoms. The van der Waals surface area contributed by atoms with Crippen LogP contribution < -0.4 is 4.90 Å². The molecular formula is C44H29NO.